The Hall–Kier alpha value is -3.57. The van der Waals surface area contributed by atoms with Crippen LogP contribution >= 0.6 is 11.6 Å². The Kier molecular flexibility index (Phi) is 5.78. The predicted octanol–water partition coefficient (Wildman–Crippen LogP) is 5.53. The van der Waals surface area contributed by atoms with E-state index in [9.17, 15) is 9.59 Å². The molecule has 0 fully saturated rings. The molecule has 6 heteroatoms. The second kappa shape index (κ2) is 8.66. The van der Waals surface area contributed by atoms with Gasteiger partial charge in [-0.25, -0.2) is 4.79 Å². The van der Waals surface area contributed by atoms with Gasteiger partial charge in [0.25, 0.3) is 5.91 Å². The third kappa shape index (κ3) is 4.47. The van der Waals surface area contributed by atoms with Gasteiger partial charge in [-0.3, -0.25) is 4.79 Å². The van der Waals surface area contributed by atoms with E-state index in [-0.39, 0.29) is 17.5 Å². The van der Waals surface area contributed by atoms with Crippen LogP contribution in [0.3, 0.4) is 0 Å². The molecule has 4 rings (SSSR count). The molecule has 31 heavy (non-hydrogen) atoms. The van der Waals surface area contributed by atoms with E-state index in [1.54, 1.807) is 12.1 Å². The lowest BCUT2D eigenvalue weighted by Crippen LogP contribution is -2.27. The van der Waals surface area contributed by atoms with E-state index in [2.05, 4.69) is 9.88 Å². The van der Waals surface area contributed by atoms with Crippen LogP contribution in [-0.4, -0.2) is 21.6 Å². The van der Waals surface area contributed by atoms with Crippen LogP contribution < -0.4 is 5.32 Å². The molecule has 0 aliphatic heterocycles. The summed E-state index contributed by atoms with van der Waals surface area (Å²) in [7, 11) is 0. The molecule has 0 saturated heterocycles. The van der Waals surface area contributed by atoms with E-state index in [1.165, 1.54) is 12.1 Å². The third-order valence-corrected chi connectivity index (χ3v) is 5.56. The van der Waals surface area contributed by atoms with E-state index in [1.807, 2.05) is 61.7 Å². The number of amides is 1. The number of aromatic nitrogens is 1. The highest BCUT2D eigenvalue weighted by Gasteiger charge is 2.17. The zero-order chi connectivity index (χ0) is 22.0. The summed E-state index contributed by atoms with van der Waals surface area (Å²) in [6.45, 7) is 2.50. The number of carboxylic acids is 1. The number of carboxylic acid groups (broad SMARTS) is 1. The number of benzene rings is 3. The molecule has 0 bridgehead atoms. The number of carbonyl (C=O) groups excluding carboxylic acids is 1. The lowest BCUT2D eigenvalue weighted by molar-refractivity contribution is 0.0696. The number of rotatable bonds is 6. The molecule has 1 heterocycles. The SMILES string of the molecule is C[C@@H](NC(=O)c1cccc2ccn(Cc3ccc(Cl)cc3)c12)c1ccc(C(=O)O)cc1. The number of carbonyl (C=O) groups is 2. The van der Waals surface area contributed by atoms with Crippen molar-refractivity contribution in [3.63, 3.8) is 0 Å². The van der Waals surface area contributed by atoms with Gasteiger partial charge in [0.15, 0.2) is 0 Å². The highest BCUT2D eigenvalue weighted by molar-refractivity contribution is 6.30. The lowest BCUT2D eigenvalue weighted by atomic mass is 10.0. The molecule has 4 aromatic rings. The Bertz CT molecular complexity index is 1240. The quantitative estimate of drug-likeness (QED) is 0.420. The smallest absolute Gasteiger partial charge is 0.335 e. The van der Waals surface area contributed by atoms with Crippen LogP contribution in [0.5, 0.6) is 0 Å². The number of hydrogen-bond acceptors (Lipinski definition) is 2. The number of halogens is 1. The molecular weight excluding hydrogens is 412 g/mol. The van der Waals surface area contributed by atoms with Crippen molar-refractivity contribution in [2.24, 2.45) is 0 Å². The van der Waals surface area contributed by atoms with Crippen LogP contribution in [0.2, 0.25) is 5.02 Å². The maximum Gasteiger partial charge on any atom is 0.335 e. The van der Waals surface area contributed by atoms with Gasteiger partial charge in [-0.1, -0.05) is 48.0 Å². The minimum atomic E-state index is -0.976. The second-order valence-corrected chi connectivity index (χ2v) is 7.87. The van der Waals surface area contributed by atoms with Gasteiger partial charge in [-0.2, -0.15) is 0 Å². The summed E-state index contributed by atoms with van der Waals surface area (Å²) in [6.07, 6.45) is 1.98. The summed E-state index contributed by atoms with van der Waals surface area (Å²) in [5.41, 5.74) is 3.59. The number of nitrogens with zero attached hydrogens (tertiary/aromatic N) is 1. The molecule has 3 aromatic carbocycles. The zero-order valence-corrected chi connectivity index (χ0v) is 17.6. The molecule has 0 aliphatic rings. The number of para-hydroxylation sites is 1. The average Bonchev–Trinajstić information content (AvgIpc) is 3.18. The van der Waals surface area contributed by atoms with Crippen LogP contribution in [0.1, 0.15) is 44.8 Å². The van der Waals surface area contributed by atoms with Gasteiger partial charge in [0.05, 0.1) is 22.7 Å². The molecule has 156 valence electrons. The van der Waals surface area contributed by atoms with Gasteiger partial charge in [-0.05, 0) is 54.4 Å². The average molecular weight is 433 g/mol. The van der Waals surface area contributed by atoms with E-state index < -0.39 is 5.97 Å². The van der Waals surface area contributed by atoms with E-state index in [0.717, 1.165) is 22.0 Å². The number of fused-ring (bicyclic) bond motifs is 1. The first-order valence-corrected chi connectivity index (χ1v) is 10.3. The van der Waals surface area contributed by atoms with Crippen LogP contribution in [0.4, 0.5) is 0 Å². The Labute approximate surface area is 184 Å². The maximum absolute atomic E-state index is 13.1. The molecule has 2 N–H and O–H groups in total. The van der Waals surface area contributed by atoms with Crippen molar-refractivity contribution in [3.05, 3.63) is 106 Å². The van der Waals surface area contributed by atoms with Gasteiger partial charge >= 0.3 is 5.97 Å². The third-order valence-electron chi connectivity index (χ3n) is 5.30. The highest BCUT2D eigenvalue weighted by atomic mass is 35.5. The van der Waals surface area contributed by atoms with Gasteiger partial charge in [-0.15, -0.1) is 0 Å². The summed E-state index contributed by atoms with van der Waals surface area (Å²) in [5, 5.41) is 13.8. The Morgan fingerprint density at radius 2 is 1.71 bits per heavy atom. The van der Waals surface area contributed by atoms with Crippen LogP contribution in [-0.2, 0) is 6.54 Å². The molecule has 1 atom stereocenters. The summed E-state index contributed by atoms with van der Waals surface area (Å²) in [5.74, 6) is -1.16. The molecule has 0 aliphatic carbocycles. The standard InChI is InChI=1S/C25H21ClN2O3/c1-16(18-7-9-20(10-8-18)25(30)31)27-24(29)22-4-2-3-19-13-14-28(23(19)22)15-17-5-11-21(26)12-6-17/h2-14,16H,15H2,1H3,(H,27,29)(H,30,31)/t16-/m1/s1. The predicted molar refractivity (Wildman–Crippen MR) is 122 cm³/mol. The van der Waals surface area contributed by atoms with Crippen molar-refractivity contribution >= 4 is 34.4 Å². The number of nitrogens with one attached hydrogen (secondary N) is 1. The van der Waals surface area contributed by atoms with Gasteiger partial charge in [0.2, 0.25) is 0 Å². The largest absolute Gasteiger partial charge is 0.478 e. The van der Waals surface area contributed by atoms with Crippen molar-refractivity contribution < 1.29 is 14.7 Å². The summed E-state index contributed by atoms with van der Waals surface area (Å²) in [6, 6.07) is 21.6. The van der Waals surface area contributed by atoms with Crippen LogP contribution in [0, 0.1) is 0 Å². The van der Waals surface area contributed by atoms with E-state index in [0.29, 0.717) is 17.1 Å². The molecule has 5 nitrogen and oxygen atoms in total. The molecular formula is C25H21ClN2O3. The van der Waals surface area contributed by atoms with Crippen LogP contribution in [0.15, 0.2) is 79.0 Å². The summed E-state index contributed by atoms with van der Waals surface area (Å²) >= 11 is 5.99. The fourth-order valence-electron chi connectivity index (χ4n) is 3.63. The summed E-state index contributed by atoms with van der Waals surface area (Å²) in [4.78, 5) is 24.2. The van der Waals surface area contributed by atoms with Gasteiger partial charge in [0.1, 0.15) is 0 Å². The Morgan fingerprint density at radius 1 is 1.00 bits per heavy atom. The molecule has 0 saturated carbocycles. The molecule has 0 radical (unpaired) electrons. The van der Waals surface area contributed by atoms with Gasteiger partial charge in [0, 0.05) is 23.2 Å². The first kappa shape index (κ1) is 20.7. The molecule has 0 unspecified atom stereocenters. The molecule has 1 aromatic heterocycles. The number of aromatic carboxylic acids is 1. The number of hydrogen-bond donors (Lipinski definition) is 2. The highest BCUT2D eigenvalue weighted by Crippen LogP contribution is 2.23. The minimum absolute atomic E-state index is 0.184. The van der Waals surface area contributed by atoms with Crippen molar-refractivity contribution in [3.8, 4) is 0 Å². The monoisotopic (exact) mass is 432 g/mol. The second-order valence-electron chi connectivity index (χ2n) is 7.44. The van der Waals surface area contributed by atoms with Crippen molar-refractivity contribution in [1.29, 1.82) is 0 Å². The molecule has 1 amide bonds. The first-order chi connectivity index (χ1) is 14.9. The maximum atomic E-state index is 13.1. The van der Waals surface area contributed by atoms with Crippen molar-refractivity contribution in [2.45, 2.75) is 19.5 Å². The topological polar surface area (TPSA) is 71.3 Å². The molecule has 0 spiro atoms. The van der Waals surface area contributed by atoms with Crippen molar-refractivity contribution in [1.82, 2.24) is 9.88 Å². The van der Waals surface area contributed by atoms with Gasteiger partial charge < -0.3 is 15.0 Å². The zero-order valence-electron chi connectivity index (χ0n) is 16.9. The fourth-order valence-corrected chi connectivity index (χ4v) is 3.76. The van der Waals surface area contributed by atoms with E-state index in [4.69, 9.17) is 16.7 Å². The van der Waals surface area contributed by atoms with Crippen molar-refractivity contribution in [2.75, 3.05) is 0 Å². The normalized spacial score (nSPS) is 11.9. The Morgan fingerprint density at radius 3 is 2.39 bits per heavy atom. The first-order valence-electron chi connectivity index (χ1n) is 9.89. The minimum Gasteiger partial charge on any atom is -0.478 e. The fraction of sp³-hybridized carbons (Fsp3) is 0.120. The van der Waals surface area contributed by atoms with E-state index >= 15 is 0 Å². The lowest BCUT2D eigenvalue weighted by Gasteiger charge is -2.16. The van der Waals surface area contributed by atoms with Crippen LogP contribution in [0.25, 0.3) is 10.9 Å². The summed E-state index contributed by atoms with van der Waals surface area (Å²) < 4.78 is 2.06. The Balaban J connectivity index is 1.59.